The molecule has 0 atom stereocenters. The molecule has 1 heterocycles. The Hall–Kier alpha value is -0.0600. The molecule has 4 heteroatoms. The quantitative estimate of drug-likeness (QED) is 0.730. The molecule has 1 aromatic rings. The van der Waals surface area contributed by atoms with Gasteiger partial charge in [0.1, 0.15) is 0 Å². The second kappa shape index (κ2) is 6.92. The SMILES string of the molecule is COCC1CCN(c2cc(Br)ccc2CBr)CC1. The van der Waals surface area contributed by atoms with Crippen LogP contribution in [0.4, 0.5) is 5.69 Å². The third-order valence-corrected chi connectivity index (χ3v) is 4.65. The van der Waals surface area contributed by atoms with Crippen LogP contribution in [0.1, 0.15) is 18.4 Å². The molecule has 0 aliphatic carbocycles. The fourth-order valence-corrected chi connectivity index (χ4v) is 3.34. The predicted molar refractivity (Wildman–Crippen MR) is 83.6 cm³/mol. The van der Waals surface area contributed by atoms with Gasteiger partial charge in [-0.3, -0.25) is 0 Å². The van der Waals surface area contributed by atoms with Crippen molar-refractivity contribution in [3.63, 3.8) is 0 Å². The highest BCUT2D eigenvalue weighted by atomic mass is 79.9. The van der Waals surface area contributed by atoms with Gasteiger partial charge >= 0.3 is 0 Å². The molecule has 1 aliphatic rings. The van der Waals surface area contributed by atoms with Gasteiger partial charge in [0.15, 0.2) is 0 Å². The van der Waals surface area contributed by atoms with Crippen molar-refractivity contribution < 1.29 is 4.74 Å². The van der Waals surface area contributed by atoms with E-state index in [0.717, 1.165) is 35.4 Å². The number of hydrogen-bond donors (Lipinski definition) is 0. The fraction of sp³-hybridized carbons (Fsp3) is 0.571. The van der Waals surface area contributed by atoms with Crippen LogP contribution in [-0.2, 0) is 10.1 Å². The van der Waals surface area contributed by atoms with E-state index in [1.54, 1.807) is 7.11 Å². The Morgan fingerprint density at radius 3 is 2.67 bits per heavy atom. The molecule has 0 aromatic heterocycles. The first kappa shape index (κ1) is 14.4. The molecule has 0 radical (unpaired) electrons. The van der Waals surface area contributed by atoms with Gasteiger partial charge < -0.3 is 9.64 Å². The number of piperidine rings is 1. The molecule has 0 unspecified atom stereocenters. The molecule has 2 nitrogen and oxygen atoms in total. The summed E-state index contributed by atoms with van der Waals surface area (Å²) in [4.78, 5) is 2.49. The maximum Gasteiger partial charge on any atom is 0.0491 e. The molecule has 2 rings (SSSR count). The summed E-state index contributed by atoms with van der Waals surface area (Å²) in [6, 6.07) is 6.53. The topological polar surface area (TPSA) is 12.5 Å². The average Bonchev–Trinajstić information content (AvgIpc) is 2.40. The summed E-state index contributed by atoms with van der Waals surface area (Å²) in [6.07, 6.45) is 2.45. The third-order valence-electron chi connectivity index (χ3n) is 3.55. The first-order chi connectivity index (χ1) is 8.74. The Morgan fingerprint density at radius 2 is 2.06 bits per heavy atom. The van der Waals surface area contributed by atoms with E-state index in [4.69, 9.17) is 4.74 Å². The average molecular weight is 377 g/mol. The van der Waals surface area contributed by atoms with E-state index in [-0.39, 0.29) is 0 Å². The van der Waals surface area contributed by atoms with Gasteiger partial charge in [-0.15, -0.1) is 0 Å². The summed E-state index contributed by atoms with van der Waals surface area (Å²) < 4.78 is 6.41. The van der Waals surface area contributed by atoms with E-state index < -0.39 is 0 Å². The summed E-state index contributed by atoms with van der Waals surface area (Å²) in [5, 5.41) is 0.910. The largest absolute Gasteiger partial charge is 0.384 e. The Kier molecular flexibility index (Phi) is 5.52. The molecular weight excluding hydrogens is 358 g/mol. The van der Waals surface area contributed by atoms with Gasteiger partial charge in [-0.2, -0.15) is 0 Å². The molecule has 0 spiro atoms. The van der Waals surface area contributed by atoms with E-state index >= 15 is 0 Å². The molecule has 1 aliphatic heterocycles. The summed E-state index contributed by atoms with van der Waals surface area (Å²) in [7, 11) is 1.80. The number of methoxy groups -OCH3 is 1. The summed E-state index contributed by atoms with van der Waals surface area (Å²) in [5.41, 5.74) is 2.72. The van der Waals surface area contributed by atoms with Crippen molar-refractivity contribution in [2.45, 2.75) is 18.2 Å². The van der Waals surface area contributed by atoms with Crippen molar-refractivity contribution in [2.24, 2.45) is 5.92 Å². The molecule has 1 saturated heterocycles. The number of ether oxygens (including phenoxy) is 1. The fourth-order valence-electron chi connectivity index (χ4n) is 2.52. The van der Waals surface area contributed by atoms with Gasteiger partial charge in [-0.25, -0.2) is 0 Å². The van der Waals surface area contributed by atoms with Crippen LogP contribution in [0.2, 0.25) is 0 Å². The first-order valence-electron chi connectivity index (χ1n) is 6.33. The zero-order valence-electron chi connectivity index (χ0n) is 10.7. The number of benzene rings is 1. The Labute approximate surface area is 126 Å². The third kappa shape index (κ3) is 3.49. The monoisotopic (exact) mass is 375 g/mol. The van der Waals surface area contributed by atoms with E-state index in [0.29, 0.717) is 0 Å². The minimum atomic E-state index is 0.728. The highest BCUT2D eigenvalue weighted by Crippen LogP contribution is 2.30. The summed E-state index contributed by atoms with van der Waals surface area (Å²) in [5.74, 6) is 0.728. The van der Waals surface area contributed by atoms with Crippen LogP contribution in [0.5, 0.6) is 0 Å². The number of rotatable bonds is 4. The number of alkyl halides is 1. The normalized spacial score (nSPS) is 17.2. The van der Waals surface area contributed by atoms with Gasteiger partial charge in [-0.05, 0) is 36.5 Å². The second-order valence-electron chi connectivity index (χ2n) is 4.79. The van der Waals surface area contributed by atoms with Crippen molar-refractivity contribution in [3.05, 3.63) is 28.2 Å². The minimum Gasteiger partial charge on any atom is -0.384 e. The molecule has 1 aromatic carbocycles. The Morgan fingerprint density at radius 1 is 1.33 bits per heavy atom. The zero-order chi connectivity index (χ0) is 13.0. The molecule has 0 bridgehead atoms. The van der Waals surface area contributed by atoms with Crippen molar-refractivity contribution in [1.29, 1.82) is 0 Å². The number of hydrogen-bond acceptors (Lipinski definition) is 2. The number of anilines is 1. The molecule has 100 valence electrons. The van der Waals surface area contributed by atoms with Crippen LogP contribution in [0.15, 0.2) is 22.7 Å². The standard InChI is InChI=1S/C14H19Br2NO/c1-18-10-11-4-6-17(7-5-11)14-8-13(16)3-2-12(14)9-15/h2-3,8,11H,4-7,9-10H2,1H3. The molecule has 0 N–H and O–H groups in total. The Bertz CT molecular complexity index is 389. The van der Waals surface area contributed by atoms with Crippen LogP contribution < -0.4 is 4.90 Å². The van der Waals surface area contributed by atoms with Crippen LogP contribution in [0.25, 0.3) is 0 Å². The van der Waals surface area contributed by atoms with E-state index in [1.807, 2.05) is 0 Å². The summed E-state index contributed by atoms with van der Waals surface area (Å²) >= 11 is 7.14. The predicted octanol–water partition coefficient (Wildman–Crippen LogP) is 4.21. The molecular formula is C14H19Br2NO. The molecule has 18 heavy (non-hydrogen) atoms. The lowest BCUT2D eigenvalue weighted by molar-refractivity contribution is 0.139. The smallest absolute Gasteiger partial charge is 0.0491 e. The lowest BCUT2D eigenvalue weighted by Gasteiger charge is -2.34. The highest BCUT2D eigenvalue weighted by Gasteiger charge is 2.20. The van der Waals surface area contributed by atoms with Crippen molar-refractivity contribution in [2.75, 3.05) is 31.7 Å². The van der Waals surface area contributed by atoms with Crippen LogP contribution in [-0.4, -0.2) is 26.8 Å². The first-order valence-corrected chi connectivity index (χ1v) is 8.24. The van der Waals surface area contributed by atoms with Gasteiger partial charge in [-0.1, -0.05) is 37.9 Å². The van der Waals surface area contributed by atoms with Crippen LogP contribution in [0, 0.1) is 5.92 Å². The second-order valence-corrected chi connectivity index (χ2v) is 6.27. The van der Waals surface area contributed by atoms with Crippen molar-refractivity contribution >= 4 is 37.5 Å². The minimum absolute atomic E-state index is 0.728. The van der Waals surface area contributed by atoms with Gasteiger partial charge in [0, 0.05) is 42.3 Å². The lowest BCUT2D eigenvalue weighted by Crippen LogP contribution is -2.35. The van der Waals surface area contributed by atoms with Gasteiger partial charge in [0.25, 0.3) is 0 Å². The highest BCUT2D eigenvalue weighted by molar-refractivity contribution is 9.10. The Balaban J connectivity index is 2.06. The maximum absolute atomic E-state index is 5.25. The number of nitrogens with zero attached hydrogens (tertiary/aromatic N) is 1. The maximum atomic E-state index is 5.25. The summed E-state index contributed by atoms with van der Waals surface area (Å²) in [6.45, 7) is 3.16. The lowest BCUT2D eigenvalue weighted by atomic mass is 9.97. The van der Waals surface area contributed by atoms with Gasteiger partial charge in [0.05, 0.1) is 0 Å². The van der Waals surface area contributed by atoms with Crippen molar-refractivity contribution in [3.8, 4) is 0 Å². The van der Waals surface area contributed by atoms with E-state index in [2.05, 4.69) is 55.0 Å². The number of halogens is 2. The van der Waals surface area contributed by atoms with Gasteiger partial charge in [0.2, 0.25) is 0 Å². The van der Waals surface area contributed by atoms with E-state index in [9.17, 15) is 0 Å². The zero-order valence-corrected chi connectivity index (χ0v) is 13.8. The van der Waals surface area contributed by atoms with E-state index in [1.165, 1.54) is 24.1 Å². The van der Waals surface area contributed by atoms with Crippen LogP contribution >= 0.6 is 31.9 Å². The molecule has 1 fully saturated rings. The molecule has 0 saturated carbocycles. The molecule has 0 amide bonds. The van der Waals surface area contributed by atoms with Crippen LogP contribution in [0.3, 0.4) is 0 Å². The van der Waals surface area contributed by atoms with Crippen molar-refractivity contribution in [1.82, 2.24) is 0 Å².